The van der Waals surface area contributed by atoms with Gasteiger partial charge in [0, 0.05) is 32.0 Å². The molecule has 168 valence electrons. The molecule has 2 rings (SSSR count). The molecular weight excluding hydrogens is 507 g/mol. The van der Waals surface area contributed by atoms with Gasteiger partial charge in [-0.05, 0) is 44.4 Å². The molecule has 1 aromatic heterocycles. The van der Waals surface area contributed by atoms with Gasteiger partial charge in [-0.2, -0.15) is 8.78 Å². The number of nitrogens with one attached hydrogen (secondary N) is 2. The molecule has 0 amide bonds. The lowest BCUT2D eigenvalue weighted by Crippen LogP contribution is -2.38. The van der Waals surface area contributed by atoms with Gasteiger partial charge in [0.25, 0.3) is 0 Å². The number of aliphatic imine (C=N–C) groups is 1. The Morgan fingerprint density at radius 1 is 1.23 bits per heavy atom. The largest absolute Gasteiger partial charge is 0.435 e. The first-order chi connectivity index (χ1) is 14.0. The standard InChI is InChI=1S/C20H29F2N5O2.HI/c1-3-23-20(25-10-4-5-12-27-13-11-24-15(27)2)26-14-18(28)16-6-8-17(9-7-16)29-19(21)22;/h6-9,11,13,18-19,28H,3-5,10,12,14H2,1-2H3,(H2,23,25,26);1H. The average Bonchev–Trinajstić information content (AvgIpc) is 3.10. The highest BCUT2D eigenvalue weighted by Gasteiger charge is 2.09. The molecule has 10 heteroatoms. The van der Waals surface area contributed by atoms with E-state index in [9.17, 15) is 13.9 Å². The normalized spacial score (nSPS) is 12.4. The van der Waals surface area contributed by atoms with Crippen molar-refractivity contribution in [2.45, 2.75) is 45.9 Å². The van der Waals surface area contributed by atoms with Crippen molar-refractivity contribution in [2.24, 2.45) is 4.99 Å². The van der Waals surface area contributed by atoms with E-state index >= 15 is 0 Å². The van der Waals surface area contributed by atoms with Crippen LogP contribution in [0.5, 0.6) is 5.75 Å². The summed E-state index contributed by atoms with van der Waals surface area (Å²) in [6, 6.07) is 5.91. The number of imidazole rings is 1. The molecule has 0 aliphatic heterocycles. The highest BCUT2D eigenvalue weighted by atomic mass is 127. The molecule has 0 radical (unpaired) electrons. The van der Waals surface area contributed by atoms with Crippen LogP contribution in [0.4, 0.5) is 8.78 Å². The van der Waals surface area contributed by atoms with Crippen LogP contribution >= 0.6 is 24.0 Å². The van der Waals surface area contributed by atoms with Crippen LogP contribution in [0.1, 0.15) is 37.3 Å². The van der Waals surface area contributed by atoms with Crippen LogP contribution in [0.2, 0.25) is 0 Å². The van der Waals surface area contributed by atoms with Crippen molar-refractivity contribution < 1.29 is 18.6 Å². The lowest BCUT2D eigenvalue weighted by atomic mass is 10.1. The summed E-state index contributed by atoms with van der Waals surface area (Å²) in [7, 11) is 0. The van der Waals surface area contributed by atoms with Gasteiger partial charge in [0.1, 0.15) is 11.6 Å². The van der Waals surface area contributed by atoms with Crippen LogP contribution in [0.25, 0.3) is 0 Å². The number of ether oxygens (including phenoxy) is 1. The summed E-state index contributed by atoms with van der Waals surface area (Å²) >= 11 is 0. The second-order valence-corrected chi connectivity index (χ2v) is 6.48. The minimum Gasteiger partial charge on any atom is -0.435 e. The Morgan fingerprint density at radius 3 is 2.57 bits per heavy atom. The number of hydrogen-bond acceptors (Lipinski definition) is 4. The van der Waals surface area contributed by atoms with Gasteiger partial charge in [-0.25, -0.2) is 4.98 Å². The maximum absolute atomic E-state index is 12.2. The van der Waals surface area contributed by atoms with Gasteiger partial charge in [-0.1, -0.05) is 12.1 Å². The Balaban J connectivity index is 0.00000450. The molecule has 0 aliphatic carbocycles. The van der Waals surface area contributed by atoms with E-state index in [1.807, 2.05) is 20.0 Å². The summed E-state index contributed by atoms with van der Waals surface area (Å²) < 4.78 is 30.8. The maximum Gasteiger partial charge on any atom is 0.387 e. The van der Waals surface area contributed by atoms with Gasteiger partial charge in [0.2, 0.25) is 0 Å². The summed E-state index contributed by atoms with van der Waals surface area (Å²) in [5.41, 5.74) is 0.585. The molecule has 1 atom stereocenters. The number of alkyl halides is 2. The number of benzene rings is 1. The van der Waals surface area contributed by atoms with Crippen molar-refractivity contribution in [1.29, 1.82) is 0 Å². The molecule has 7 nitrogen and oxygen atoms in total. The zero-order valence-electron chi connectivity index (χ0n) is 17.2. The quantitative estimate of drug-likeness (QED) is 0.177. The van der Waals surface area contributed by atoms with Gasteiger partial charge in [-0.3, -0.25) is 4.99 Å². The van der Waals surface area contributed by atoms with Crippen LogP contribution < -0.4 is 15.4 Å². The molecule has 2 aromatic rings. The lowest BCUT2D eigenvalue weighted by Gasteiger charge is -2.14. The van der Waals surface area contributed by atoms with Crippen LogP contribution in [0, 0.1) is 6.92 Å². The number of halogens is 3. The minimum atomic E-state index is -2.87. The number of rotatable bonds is 11. The third kappa shape index (κ3) is 9.24. The molecule has 1 heterocycles. The molecule has 0 saturated carbocycles. The fraction of sp³-hybridized carbons (Fsp3) is 0.500. The number of hydrogen-bond donors (Lipinski definition) is 3. The van der Waals surface area contributed by atoms with Crippen molar-refractivity contribution in [3.8, 4) is 5.75 Å². The molecule has 0 aliphatic rings. The van der Waals surface area contributed by atoms with Crippen molar-refractivity contribution in [2.75, 3.05) is 19.6 Å². The molecular formula is C20H30F2IN5O2. The third-order valence-corrected chi connectivity index (χ3v) is 4.30. The number of guanidine groups is 1. The molecule has 1 aromatic carbocycles. The second kappa shape index (κ2) is 14.1. The van der Waals surface area contributed by atoms with Crippen LogP contribution in [-0.2, 0) is 6.54 Å². The van der Waals surface area contributed by atoms with E-state index in [1.54, 1.807) is 18.3 Å². The molecule has 0 spiro atoms. The number of aliphatic hydroxyl groups is 1. The second-order valence-electron chi connectivity index (χ2n) is 6.48. The number of aromatic nitrogens is 2. The van der Waals surface area contributed by atoms with Gasteiger partial charge in [0.15, 0.2) is 5.96 Å². The monoisotopic (exact) mass is 537 g/mol. The Hall–Kier alpha value is -1.95. The van der Waals surface area contributed by atoms with Crippen LogP contribution in [0.3, 0.4) is 0 Å². The molecule has 0 fully saturated rings. The van der Waals surface area contributed by atoms with Crippen LogP contribution in [0.15, 0.2) is 41.7 Å². The SMILES string of the molecule is CCNC(=NCC(O)c1ccc(OC(F)F)cc1)NCCCCn1ccnc1C.I. The van der Waals surface area contributed by atoms with E-state index < -0.39 is 12.7 Å². The molecule has 0 bridgehead atoms. The molecule has 1 unspecified atom stereocenters. The van der Waals surface area contributed by atoms with E-state index in [0.29, 0.717) is 18.1 Å². The average molecular weight is 537 g/mol. The van der Waals surface area contributed by atoms with Crippen molar-refractivity contribution >= 4 is 29.9 Å². The van der Waals surface area contributed by atoms with Gasteiger partial charge in [-0.15, -0.1) is 24.0 Å². The smallest absolute Gasteiger partial charge is 0.387 e. The Labute approximate surface area is 193 Å². The maximum atomic E-state index is 12.2. The van der Waals surface area contributed by atoms with E-state index in [-0.39, 0.29) is 36.3 Å². The summed E-state index contributed by atoms with van der Waals surface area (Å²) in [4.78, 5) is 8.61. The van der Waals surface area contributed by atoms with Gasteiger partial charge >= 0.3 is 6.61 Å². The Bertz CT molecular complexity index is 756. The molecule has 30 heavy (non-hydrogen) atoms. The fourth-order valence-corrected chi connectivity index (χ4v) is 2.75. The van der Waals surface area contributed by atoms with Crippen molar-refractivity contribution in [3.63, 3.8) is 0 Å². The van der Waals surface area contributed by atoms with E-state index in [0.717, 1.165) is 31.8 Å². The van der Waals surface area contributed by atoms with Crippen molar-refractivity contribution in [1.82, 2.24) is 20.2 Å². The summed E-state index contributed by atoms with van der Waals surface area (Å²) in [5.74, 6) is 1.69. The Kier molecular flexibility index (Phi) is 12.3. The number of unbranched alkanes of at least 4 members (excludes halogenated alkanes) is 1. The first kappa shape index (κ1) is 26.1. The van der Waals surface area contributed by atoms with E-state index in [4.69, 9.17) is 0 Å². The predicted octanol–water partition coefficient (Wildman–Crippen LogP) is 3.48. The van der Waals surface area contributed by atoms with Crippen molar-refractivity contribution in [3.05, 3.63) is 48.0 Å². The zero-order chi connectivity index (χ0) is 21.1. The van der Waals surface area contributed by atoms with Gasteiger partial charge < -0.3 is 25.0 Å². The molecule has 3 N–H and O–H groups in total. The lowest BCUT2D eigenvalue weighted by molar-refractivity contribution is -0.0498. The predicted molar refractivity (Wildman–Crippen MR) is 124 cm³/mol. The first-order valence-corrected chi connectivity index (χ1v) is 9.72. The van der Waals surface area contributed by atoms with E-state index in [1.165, 1.54) is 12.1 Å². The minimum absolute atomic E-state index is 0. The number of aliphatic hydroxyl groups excluding tert-OH is 1. The summed E-state index contributed by atoms with van der Waals surface area (Å²) in [6.45, 7) is 3.62. The summed E-state index contributed by atoms with van der Waals surface area (Å²) in [6.07, 6.45) is 4.92. The van der Waals surface area contributed by atoms with E-state index in [2.05, 4.69) is 29.9 Å². The topological polar surface area (TPSA) is 83.7 Å². The third-order valence-electron chi connectivity index (χ3n) is 4.30. The number of nitrogens with zero attached hydrogens (tertiary/aromatic N) is 3. The van der Waals surface area contributed by atoms with Gasteiger partial charge in [0.05, 0.1) is 12.6 Å². The number of aryl methyl sites for hydroxylation is 2. The highest BCUT2D eigenvalue weighted by molar-refractivity contribution is 14.0. The summed E-state index contributed by atoms with van der Waals surface area (Å²) in [5, 5.41) is 16.7. The zero-order valence-corrected chi connectivity index (χ0v) is 19.6. The Morgan fingerprint density at radius 2 is 1.97 bits per heavy atom. The fourth-order valence-electron chi connectivity index (χ4n) is 2.75. The van der Waals surface area contributed by atoms with Crippen LogP contribution in [-0.4, -0.2) is 46.9 Å². The molecule has 0 saturated heterocycles. The first-order valence-electron chi connectivity index (χ1n) is 9.72. The highest BCUT2D eigenvalue weighted by Crippen LogP contribution is 2.19.